The fourth-order valence-corrected chi connectivity index (χ4v) is 3.08. The van der Waals surface area contributed by atoms with Crippen LogP contribution in [-0.4, -0.2) is 11.5 Å². The van der Waals surface area contributed by atoms with E-state index in [1.165, 1.54) is 30.2 Å². The van der Waals surface area contributed by atoms with E-state index in [4.69, 9.17) is 0 Å². The molecular formula is C17H22N2. The van der Waals surface area contributed by atoms with Gasteiger partial charge in [0.25, 0.3) is 0 Å². The zero-order chi connectivity index (χ0) is 13.2. The number of aromatic nitrogens is 1. The molecule has 2 aromatic rings. The van der Waals surface area contributed by atoms with Gasteiger partial charge in [0.2, 0.25) is 0 Å². The van der Waals surface area contributed by atoms with Gasteiger partial charge in [-0.25, -0.2) is 0 Å². The molecule has 2 heteroatoms. The Bertz CT molecular complexity index is 576. The second-order valence-electron chi connectivity index (χ2n) is 5.71. The summed E-state index contributed by atoms with van der Waals surface area (Å²) in [5, 5.41) is 4.91. The summed E-state index contributed by atoms with van der Waals surface area (Å²) in [5.74, 6) is 0.873. The average molecular weight is 254 g/mol. The zero-order valence-electron chi connectivity index (χ0n) is 11.8. The monoisotopic (exact) mass is 254 g/mol. The number of benzene rings is 1. The fraction of sp³-hybridized carbons (Fsp3) is 0.471. The highest BCUT2D eigenvalue weighted by atomic mass is 14.9. The number of nitrogens with one attached hydrogen (secondary N) is 1. The minimum Gasteiger partial charge on any atom is -0.310 e. The highest BCUT2D eigenvalue weighted by Crippen LogP contribution is 2.30. The van der Waals surface area contributed by atoms with Crippen LogP contribution in [0.5, 0.6) is 0 Å². The van der Waals surface area contributed by atoms with Crippen LogP contribution in [0.3, 0.4) is 0 Å². The number of piperidine rings is 1. The Balaban J connectivity index is 1.90. The van der Waals surface area contributed by atoms with Crippen molar-refractivity contribution in [2.45, 2.75) is 39.2 Å². The van der Waals surface area contributed by atoms with Gasteiger partial charge in [0.05, 0.1) is 5.52 Å². The molecule has 0 bridgehead atoms. The molecule has 3 rings (SSSR count). The van der Waals surface area contributed by atoms with Crippen LogP contribution in [0.4, 0.5) is 0 Å². The van der Waals surface area contributed by atoms with Crippen molar-refractivity contribution < 1.29 is 0 Å². The lowest BCUT2D eigenvalue weighted by atomic mass is 9.87. The number of pyridine rings is 1. The van der Waals surface area contributed by atoms with Crippen LogP contribution in [0.25, 0.3) is 10.9 Å². The summed E-state index contributed by atoms with van der Waals surface area (Å²) in [7, 11) is 0. The van der Waals surface area contributed by atoms with Crippen LogP contribution in [0, 0.1) is 12.8 Å². The van der Waals surface area contributed by atoms with Crippen LogP contribution in [-0.2, 0) is 0 Å². The summed E-state index contributed by atoms with van der Waals surface area (Å²) >= 11 is 0. The minimum atomic E-state index is 0.518. The Morgan fingerprint density at radius 1 is 1.26 bits per heavy atom. The van der Waals surface area contributed by atoms with E-state index in [0.29, 0.717) is 6.04 Å². The molecule has 1 aliphatic heterocycles. The standard InChI is InChI=1S/C17H22N2/c1-3-13-8-9-18-17(10-13)15-6-7-16-14(11-15)5-4-12(2)19-16/h4-7,11,13,17-18H,3,8-10H2,1-2H3. The predicted molar refractivity (Wildman–Crippen MR) is 80.2 cm³/mol. The van der Waals surface area contributed by atoms with Gasteiger partial charge in [-0.1, -0.05) is 25.5 Å². The molecule has 0 radical (unpaired) electrons. The molecule has 0 spiro atoms. The van der Waals surface area contributed by atoms with Gasteiger partial charge >= 0.3 is 0 Å². The molecule has 1 fully saturated rings. The molecule has 0 saturated carbocycles. The summed E-state index contributed by atoms with van der Waals surface area (Å²) in [6.45, 7) is 5.50. The van der Waals surface area contributed by atoms with E-state index in [0.717, 1.165) is 23.7 Å². The summed E-state index contributed by atoms with van der Waals surface area (Å²) < 4.78 is 0. The van der Waals surface area contributed by atoms with Crippen LogP contribution < -0.4 is 5.32 Å². The van der Waals surface area contributed by atoms with Crippen molar-refractivity contribution in [3.05, 3.63) is 41.6 Å². The van der Waals surface area contributed by atoms with E-state index in [2.05, 4.69) is 47.6 Å². The maximum atomic E-state index is 4.57. The second kappa shape index (κ2) is 5.30. The molecule has 1 aromatic carbocycles. The SMILES string of the molecule is CCC1CCNC(c2ccc3nc(C)ccc3c2)C1. The van der Waals surface area contributed by atoms with Gasteiger partial charge in [-0.05, 0) is 56.0 Å². The van der Waals surface area contributed by atoms with Crippen molar-refractivity contribution in [3.8, 4) is 0 Å². The van der Waals surface area contributed by atoms with Gasteiger partial charge in [0, 0.05) is 17.1 Å². The number of hydrogen-bond acceptors (Lipinski definition) is 2. The van der Waals surface area contributed by atoms with Crippen molar-refractivity contribution in [3.63, 3.8) is 0 Å². The number of nitrogens with zero attached hydrogens (tertiary/aromatic N) is 1. The molecule has 19 heavy (non-hydrogen) atoms. The molecule has 0 amide bonds. The van der Waals surface area contributed by atoms with Gasteiger partial charge in [-0.15, -0.1) is 0 Å². The second-order valence-corrected chi connectivity index (χ2v) is 5.71. The summed E-state index contributed by atoms with van der Waals surface area (Å²) in [4.78, 5) is 4.57. The number of aryl methyl sites for hydroxylation is 1. The van der Waals surface area contributed by atoms with Crippen LogP contribution in [0.15, 0.2) is 30.3 Å². The molecule has 1 aliphatic rings. The van der Waals surface area contributed by atoms with Gasteiger partial charge in [0.15, 0.2) is 0 Å². The summed E-state index contributed by atoms with van der Waals surface area (Å²) in [6.07, 6.45) is 3.88. The highest BCUT2D eigenvalue weighted by Gasteiger charge is 2.21. The molecule has 2 heterocycles. The normalized spacial score (nSPS) is 23.7. The quantitative estimate of drug-likeness (QED) is 0.876. The largest absolute Gasteiger partial charge is 0.310 e. The van der Waals surface area contributed by atoms with Crippen molar-refractivity contribution in [2.24, 2.45) is 5.92 Å². The van der Waals surface area contributed by atoms with Crippen LogP contribution in [0.2, 0.25) is 0 Å². The topological polar surface area (TPSA) is 24.9 Å². The molecule has 2 atom stereocenters. The maximum Gasteiger partial charge on any atom is 0.0705 e. The molecule has 1 N–H and O–H groups in total. The van der Waals surface area contributed by atoms with E-state index < -0.39 is 0 Å². The first-order chi connectivity index (χ1) is 9.26. The smallest absolute Gasteiger partial charge is 0.0705 e. The Morgan fingerprint density at radius 2 is 2.16 bits per heavy atom. The van der Waals surface area contributed by atoms with Crippen LogP contribution in [0.1, 0.15) is 43.5 Å². The highest BCUT2D eigenvalue weighted by molar-refractivity contribution is 5.79. The van der Waals surface area contributed by atoms with Gasteiger partial charge in [-0.2, -0.15) is 0 Å². The summed E-state index contributed by atoms with van der Waals surface area (Å²) in [5.41, 5.74) is 3.60. The lowest BCUT2D eigenvalue weighted by molar-refractivity contribution is 0.299. The van der Waals surface area contributed by atoms with E-state index in [9.17, 15) is 0 Å². The molecule has 100 valence electrons. The Hall–Kier alpha value is -1.41. The predicted octanol–water partition coefficient (Wildman–Crippen LogP) is 3.99. The van der Waals surface area contributed by atoms with E-state index >= 15 is 0 Å². The molecular weight excluding hydrogens is 232 g/mol. The molecule has 2 unspecified atom stereocenters. The first-order valence-electron chi connectivity index (χ1n) is 7.37. The summed E-state index contributed by atoms with van der Waals surface area (Å²) in [6, 6.07) is 11.5. The lowest BCUT2D eigenvalue weighted by Gasteiger charge is -2.30. The van der Waals surface area contributed by atoms with Crippen molar-refractivity contribution in [1.82, 2.24) is 10.3 Å². The Morgan fingerprint density at radius 3 is 3.00 bits per heavy atom. The third-order valence-electron chi connectivity index (χ3n) is 4.34. The number of rotatable bonds is 2. The lowest BCUT2D eigenvalue weighted by Crippen LogP contribution is -2.31. The van der Waals surface area contributed by atoms with Crippen molar-refractivity contribution in [1.29, 1.82) is 0 Å². The van der Waals surface area contributed by atoms with Gasteiger partial charge in [-0.3, -0.25) is 4.98 Å². The zero-order valence-corrected chi connectivity index (χ0v) is 11.8. The minimum absolute atomic E-state index is 0.518. The maximum absolute atomic E-state index is 4.57. The van der Waals surface area contributed by atoms with Crippen LogP contribution >= 0.6 is 0 Å². The first-order valence-corrected chi connectivity index (χ1v) is 7.37. The fourth-order valence-electron chi connectivity index (χ4n) is 3.08. The first kappa shape index (κ1) is 12.6. The number of hydrogen-bond donors (Lipinski definition) is 1. The van der Waals surface area contributed by atoms with E-state index in [1.54, 1.807) is 0 Å². The Labute approximate surface area is 115 Å². The van der Waals surface area contributed by atoms with Gasteiger partial charge < -0.3 is 5.32 Å². The van der Waals surface area contributed by atoms with Crippen molar-refractivity contribution in [2.75, 3.05) is 6.54 Å². The Kier molecular flexibility index (Phi) is 3.52. The third kappa shape index (κ3) is 2.64. The molecule has 2 nitrogen and oxygen atoms in total. The average Bonchev–Trinajstić information content (AvgIpc) is 2.46. The third-order valence-corrected chi connectivity index (χ3v) is 4.34. The van der Waals surface area contributed by atoms with Crippen molar-refractivity contribution >= 4 is 10.9 Å². The van der Waals surface area contributed by atoms with E-state index in [1.807, 2.05) is 6.92 Å². The molecule has 1 aromatic heterocycles. The van der Waals surface area contributed by atoms with Gasteiger partial charge in [0.1, 0.15) is 0 Å². The number of fused-ring (bicyclic) bond motifs is 1. The molecule has 1 saturated heterocycles. The van der Waals surface area contributed by atoms with E-state index in [-0.39, 0.29) is 0 Å². The molecule has 0 aliphatic carbocycles.